The van der Waals surface area contributed by atoms with Crippen LogP contribution < -0.4 is 0 Å². The van der Waals surface area contributed by atoms with Crippen molar-refractivity contribution >= 4 is 0 Å². The summed E-state index contributed by atoms with van der Waals surface area (Å²) in [6.45, 7) is 7.21. The topological polar surface area (TPSA) is 34.2 Å². The van der Waals surface area contributed by atoms with Gasteiger partial charge in [-0.3, -0.25) is 4.90 Å². The molecule has 138 valence electrons. The first-order valence-electron chi connectivity index (χ1n) is 10.0. The van der Waals surface area contributed by atoms with E-state index in [2.05, 4.69) is 16.8 Å². The molecule has 5 heteroatoms. The molecule has 4 rings (SSSR count). The highest BCUT2D eigenvalue weighted by Crippen LogP contribution is 2.34. The fourth-order valence-electron chi connectivity index (χ4n) is 4.98. The normalized spacial score (nSPS) is 39.4. The van der Waals surface area contributed by atoms with Crippen LogP contribution >= 0.6 is 0 Å². The molecule has 5 nitrogen and oxygen atoms in total. The van der Waals surface area contributed by atoms with Gasteiger partial charge in [0, 0.05) is 31.8 Å². The van der Waals surface area contributed by atoms with Gasteiger partial charge in [0.1, 0.15) is 0 Å². The lowest BCUT2D eigenvalue weighted by molar-refractivity contribution is -0.106. The monoisotopic (exact) mass is 338 g/mol. The maximum atomic E-state index is 6.39. The summed E-state index contributed by atoms with van der Waals surface area (Å²) >= 11 is 0. The molecule has 4 atom stereocenters. The van der Waals surface area contributed by atoms with E-state index in [1.807, 2.05) is 0 Å². The molecule has 0 aliphatic carbocycles. The smallest absolute Gasteiger partial charge is 0.0813 e. The fourth-order valence-corrected chi connectivity index (χ4v) is 4.98. The number of rotatable bonds is 5. The Morgan fingerprint density at radius 2 is 1.83 bits per heavy atom. The quantitative estimate of drug-likeness (QED) is 0.763. The van der Waals surface area contributed by atoms with Crippen LogP contribution in [0.5, 0.6) is 0 Å². The van der Waals surface area contributed by atoms with Gasteiger partial charge in [0.25, 0.3) is 0 Å². The van der Waals surface area contributed by atoms with Gasteiger partial charge < -0.3 is 19.1 Å². The second-order valence-electron chi connectivity index (χ2n) is 8.27. The summed E-state index contributed by atoms with van der Waals surface area (Å²) in [5.41, 5.74) is 0. The van der Waals surface area contributed by atoms with Crippen molar-refractivity contribution in [1.29, 1.82) is 0 Å². The van der Waals surface area contributed by atoms with E-state index in [9.17, 15) is 0 Å². The molecule has 0 bridgehead atoms. The van der Waals surface area contributed by atoms with Crippen LogP contribution in [0.4, 0.5) is 0 Å². The van der Waals surface area contributed by atoms with E-state index in [-0.39, 0.29) is 0 Å². The lowest BCUT2D eigenvalue weighted by Gasteiger charge is -2.38. The molecule has 4 heterocycles. The molecular formula is C19H34N2O3. The summed E-state index contributed by atoms with van der Waals surface area (Å²) in [5.74, 6) is 0.752. The Morgan fingerprint density at radius 1 is 0.958 bits per heavy atom. The second kappa shape index (κ2) is 8.00. The van der Waals surface area contributed by atoms with Crippen LogP contribution in [0.15, 0.2) is 0 Å². The molecule has 0 aromatic rings. The van der Waals surface area contributed by atoms with Crippen molar-refractivity contribution in [3.8, 4) is 0 Å². The van der Waals surface area contributed by atoms with E-state index < -0.39 is 0 Å². The third kappa shape index (κ3) is 3.96. The fraction of sp³-hybridized carbons (Fsp3) is 1.00. The van der Waals surface area contributed by atoms with Gasteiger partial charge in [-0.2, -0.15) is 0 Å². The number of piperidine rings is 1. The zero-order chi connectivity index (χ0) is 16.4. The van der Waals surface area contributed by atoms with Crippen LogP contribution in [-0.4, -0.2) is 87.2 Å². The first kappa shape index (κ1) is 17.2. The molecule has 0 unspecified atom stereocenters. The zero-order valence-electron chi connectivity index (χ0n) is 15.2. The Morgan fingerprint density at radius 3 is 2.62 bits per heavy atom. The zero-order valence-corrected chi connectivity index (χ0v) is 15.2. The van der Waals surface area contributed by atoms with E-state index in [1.54, 1.807) is 0 Å². The standard InChI is InChI=1S/C19H34N2O3/c1-20-8-4-15(5-9-20)12-23-14-17-2-3-18-19(24-17)6-10-21(18)16-7-11-22-13-16/h15-19H,2-14H2,1H3/t16-,17-,18+,19+/m1/s1. The molecule has 4 aliphatic heterocycles. The third-order valence-electron chi connectivity index (χ3n) is 6.55. The molecule has 0 amide bonds. The van der Waals surface area contributed by atoms with Gasteiger partial charge in [0.2, 0.25) is 0 Å². The summed E-state index contributed by atoms with van der Waals surface area (Å²) in [7, 11) is 2.21. The number of hydrogen-bond donors (Lipinski definition) is 0. The highest BCUT2D eigenvalue weighted by molar-refractivity contribution is 4.96. The van der Waals surface area contributed by atoms with Crippen LogP contribution in [-0.2, 0) is 14.2 Å². The summed E-state index contributed by atoms with van der Waals surface area (Å²) in [6, 6.07) is 1.27. The van der Waals surface area contributed by atoms with Crippen LogP contribution in [0.1, 0.15) is 38.5 Å². The van der Waals surface area contributed by atoms with E-state index in [0.29, 0.717) is 24.3 Å². The molecule has 0 saturated carbocycles. The summed E-state index contributed by atoms with van der Waals surface area (Å²) in [6.07, 6.45) is 8.12. The Bertz CT molecular complexity index is 394. The molecule has 4 saturated heterocycles. The van der Waals surface area contributed by atoms with Gasteiger partial charge in [-0.25, -0.2) is 0 Å². The molecule has 24 heavy (non-hydrogen) atoms. The van der Waals surface area contributed by atoms with Crippen molar-refractivity contribution in [2.75, 3.05) is 53.1 Å². The lowest BCUT2D eigenvalue weighted by atomic mass is 9.97. The van der Waals surface area contributed by atoms with Crippen LogP contribution in [0.2, 0.25) is 0 Å². The first-order valence-corrected chi connectivity index (χ1v) is 10.0. The Kier molecular flexibility index (Phi) is 5.74. The highest BCUT2D eigenvalue weighted by atomic mass is 16.5. The van der Waals surface area contributed by atoms with E-state index in [0.717, 1.165) is 38.8 Å². The number of hydrogen-bond acceptors (Lipinski definition) is 5. The minimum atomic E-state index is 0.317. The van der Waals surface area contributed by atoms with Crippen molar-refractivity contribution in [2.24, 2.45) is 5.92 Å². The van der Waals surface area contributed by atoms with E-state index in [4.69, 9.17) is 14.2 Å². The van der Waals surface area contributed by atoms with Gasteiger partial charge in [0.15, 0.2) is 0 Å². The minimum absolute atomic E-state index is 0.317. The second-order valence-corrected chi connectivity index (χ2v) is 8.27. The SMILES string of the molecule is CN1CCC(COC[C@H]2CC[C@H]3[C@H](CCN3[C@@H]3CCOC3)O2)CC1. The molecule has 0 aromatic carbocycles. The predicted molar refractivity (Wildman–Crippen MR) is 93.3 cm³/mol. The summed E-state index contributed by atoms with van der Waals surface area (Å²) in [4.78, 5) is 5.09. The van der Waals surface area contributed by atoms with Crippen molar-refractivity contribution in [1.82, 2.24) is 9.80 Å². The largest absolute Gasteiger partial charge is 0.380 e. The average Bonchev–Trinajstić information content (AvgIpc) is 3.25. The van der Waals surface area contributed by atoms with Gasteiger partial charge >= 0.3 is 0 Å². The van der Waals surface area contributed by atoms with Gasteiger partial charge in [0.05, 0.1) is 25.4 Å². The van der Waals surface area contributed by atoms with Crippen LogP contribution in [0, 0.1) is 5.92 Å². The highest BCUT2D eigenvalue weighted by Gasteiger charge is 2.43. The molecule has 0 aromatic heterocycles. The molecule has 0 N–H and O–H groups in total. The average molecular weight is 338 g/mol. The summed E-state index contributed by atoms with van der Waals surface area (Å²) < 4.78 is 18.0. The van der Waals surface area contributed by atoms with Crippen LogP contribution in [0.25, 0.3) is 0 Å². The molecule has 0 spiro atoms. The third-order valence-corrected chi connectivity index (χ3v) is 6.55. The number of likely N-dealkylation sites (tertiary alicyclic amines) is 2. The lowest BCUT2D eigenvalue weighted by Crippen LogP contribution is -2.47. The van der Waals surface area contributed by atoms with Gasteiger partial charge in [-0.05, 0) is 64.6 Å². The number of fused-ring (bicyclic) bond motifs is 1. The van der Waals surface area contributed by atoms with Gasteiger partial charge in [-0.15, -0.1) is 0 Å². The number of nitrogens with zero attached hydrogens (tertiary/aromatic N) is 2. The molecular weight excluding hydrogens is 304 g/mol. The Labute approximate surface area is 146 Å². The van der Waals surface area contributed by atoms with Crippen molar-refractivity contribution in [2.45, 2.75) is 62.8 Å². The Balaban J connectivity index is 1.17. The van der Waals surface area contributed by atoms with Crippen molar-refractivity contribution in [3.63, 3.8) is 0 Å². The Hall–Kier alpha value is -0.200. The van der Waals surface area contributed by atoms with E-state index in [1.165, 1.54) is 51.7 Å². The van der Waals surface area contributed by atoms with Gasteiger partial charge in [-0.1, -0.05) is 0 Å². The first-order chi connectivity index (χ1) is 11.8. The molecule has 0 radical (unpaired) electrons. The minimum Gasteiger partial charge on any atom is -0.380 e. The van der Waals surface area contributed by atoms with Crippen LogP contribution in [0.3, 0.4) is 0 Å². The molecule has 4 aliphatic rings. The number of ether oxygens (including phenoxy) is 3. The van der Waals surface area contributed by atoms with Crippen molar-refractivity contribution < 1.29 is 14.2 Å². The van der Waals surface area contributed by atoms with E-state index >= 15 is 0 Å². The maximum Gasteiger partial charge on any atom is 0.0813 e. The maximum absolute atomic E-state index is 6.39. The summed E-state index contributed by atoms with van der Waals surface area (Å²) in [5, 5.41) is 0. The predicted octanol–water partition coefficient (Wildman–Crippen LogP) is 1.76. The molecule has 4 fully saturated rings. The van der Waals surface area contributed by atoms with Crippen molar-refractivity contribution in [3.05, 3.63) is 0 Å².